The second-order valence-corrected chi connectivity index (χ2v) is 6.16. The monoisotopic (exact) mass is 328 g/mol. The fourth-order valence-corrected chi connectivity index (χ4v) is 3.39. The summed E-state index contributed by atoms with van der Waals surface area (Å²) in [5.41, 5.74) is 1.17. The fraction of sp³-hybridized carbons (Fsp3) is 0.500. The molecule has 1 aromatic heterocycles. The molecule has 0 saturated carbocycles. The van der Waals surface area contributed by atoms with Crippen LogP contribution in [0, 0.1) is 0 Å². The standard InChI is InChI=1S/C18H24N4O2/c1-24-17-8-3-2-6-15(17)12-16-7-4-11-22(16)18(23)9-5-10-21-14-19-13-20-21/h2-3,6,8,13-14,16H,4-5,7,9-12H2,1H3/t16-/m1/s1. The van der Waals surface area contributed by atoms with Crippen LogP contribution in [-0.4, -0.2) is 45.3 Å². The van der Waals surface area contributed by atoms with E-state index in [1.165, 1.54) is 11.9 Å². The van der Waals surface area contributed by atoms with E-state index in [-0.39, 0.29) is 11.9 Å². The zero-order valence-corrected chi connectivity index (χ0v) is 14.1. The van der Waals surface area contributed by atoms with Gasteiger partial charge in [0.25, 0.3) is 0 Å². The van der Waals surface area contributed by atoms with Crippen molar-refractivity contribution >= 4 is 5.91 Å². The van der Waals surface area contributed by atoms with Crippen LogP contribution >= 0.6 is 0 Å². The number of carbonyl (C=O) groups is 1. The van der Waals surface area contributed by atoms with Crippen LogP contribution in [0.5, 0.6) is 5.75 Å². The number of carbonyl (C=O) groups excluding carboxylic acids is 1. The molecule has 2 aromatic rings. The number of likely N-dealkylation sites (tertiary alicyclic amines) is 1. The topological polar surface area (TPSA) is 60.2 Å². The Bertz CT molecular complexity index is 657. The van der Waals surface area contributed by atoms with Gasteiger partial charge in [-0.15, -0.1) is 0 Å². The number of aromatic nitrogens is 3. The van der Waals surface area contributed by atoms with E-state index in [0.29, 0.717) is 6.42 Å². The van der Waals surface area contributed by atoms with Gasteiger partial charge in [0.05, 0.1) is 7.11 Å². The molecule has 24 heavy (non-hydrogen) atoms. The fourth-order valence-electron chi connectivity index (χ4n) is 3.39. The molecule has 1 aliphatic rings. The molecule has 1 aliphatic heterocycles. The summed E-state index contributed by atoms with van der Waals surface area (Å²) in [5, 5.41) is 4.07. The molecule has 0 unspecified atom stereocenters. The average Bonchev–Trinajstić information content (AvgIpc) is 3.27. The number of benzene rings is 1. The summed E-state index contributed by atoms with van der Waals surface area (Å²) in [6.07, 6.45) is 7.55. The van der Waals surface area contributed by atoms with Gasteiger partial charge in [0.15, 0.2) is 0 Å². The Kier molecular flexibility index (Phi) is 5.46. The SMILES string of the molecule is COc1ccccc1C[C@H]1CCCN1C(=O)CCCn1cncn1. The van der Waals surface area contributed by atoms with Gasteiger partial charge in [-0.1, -0.05) is 18.2 Å². The Hall–Kier alpha value is -2.37. The van der Waals surface area contributed by atoms with Gasteiger partial charge < -0.3 is 9.64 Å². The van der Waals surface area contributed by atoms with Crippen LogP contribution in [0.25, 0.3) is 0 Å². The normalized spacial score (nSPS) is 17.2. The van der Waals surface area contributed by atoms with Crippen molar-refractivity contribution in [2.75, 3.05) is 13.7 Å². The minimum atomic E-state index is 0.243. The van der Waals surface area contributed by atoms with Crippen molar-refractivity contribution in [3.8, 4) is 5.75 Å². The summed E-state index contributed by atoms with van der Waals surface area (Å²) >= 11 is 0. The minimum Gasteiger partial charge on any atom is -0.496 e. The number of hydrogen-bond donors (Lipinski definition) is 0. The molecule has 0 radical (unpaired) electrons. The van der Waals surface area contributed by atoms with Crippen molar-refractivity contribution in [1.29, 1.82) is 0 Å². The van der Waals surface area contributed by atoms with Crippen molar-refractivity contribution < 1.29 is 9.53 Å². The summed E-state index contributed by atoms with van der Waals surface area (Å²) in [6, 6.07) is 8.35. The smallest absolute Gasteiger partial charge is 0.222 e. The summed E-state index contributed by atoms with van der Waals surface area (Å²) < 4.78 is 7.21. The largest absolute Gasteiger partial charge is 0.496 e. The molecule has 1 saturated heterocycles. The van der Waals surface area contributed by atoms with Crippen LogP contribution in [0.3, 0.4) is 0 Å². The van der Waals surface area contributed by atoms with Crippen LogP contribution in [0.15, 0.2) is 36.9 Å². The van der Waals surface area contributed by atoms with Crippen molar-refractivity contribution in [3.63, 3.8) is 0 Å². The third-order valence-corrected chi connectivity index (χ3v) is 4.59. The van der Waals surface area contributed by atoms with Crippen LogP contribution in [0.4, 0.5) is 0 Å². The Balaban J connectivity index is 1.55. The highest BCUT2D eigenvalue weighted by Gasteiger charge is 2.28. The Labute approximate surface area is 142 Å². The number of amides is 1. The molecule has 1 amide bonds. The second kappa shape index (κ2) is 7.95. The molecule has 3 rings (SSSR count). The van der Waals surface area contributed by atoms with Gasteiger partial charge in [-0.05, 0) is 37.3 Å². The zero-order valence-electron chi connectivity index (χ0n) is 14.1. The van der Waals surface area contributed by atoms with Gasteiger partial charge in [0.1, 0.15) is 18.4 Å². The van der Waals surface area contributed by atoms with Crippen molar-refractivity contribution in [3.05, 3.63) is 42.5 Å². The minimum absolute atomic E-state index is 0.243. The lowest BCUT2D eigenvalue weighted by Crippen LogP contribution is -2.36. The highest BCUT2D eigenvalue weighted by atomic mass is 16.5. The predicted molar refractivity (Wildman–Crippen MR) is 90.7 cm³/mol. The van der Waals surface area contributed by atoms with E-state index in [4.69, 9.17) is 4.74 Å². The van der Waals surface area contributed by atoms with Gasteiger partial charge in [-0.2, -0.15) is 5.10 Å². The molecule has 2 heterocycles. The molecule has 6 heteroatoms. The summed E-state index contributed by atoms with van der Waals surface area (Å²) in [5.74, 6) is 1.15. The summed E-state index contributed by atoms with van der Waals surface area (Å²) in [4.78, 5) is 18.5. The molecule has 1 fully saturated rings. The Morgan fingerprint density at radius 3 is 3.04 bits per heavy atom. The van der Waals surface area contributed by atoms with Crippen molar-refractivity contribution in [1.82, 2.24) is 19.7 Å². The van der Waals surface area contributed by atoms with Gasteiger partial charge in [0, 0.05) is 25.6 Å². The number of aryl methyl sites for hydroxylation is 1. The van der Waals surface area contributed by atoms with Gasteiger partial charge in [-0.25, -0.2) is 4.98 Å². The summed E-state index contributed by atoms with van der Waals surface area (Å²) in [6.45, 7) is 1.60. The van der Waals surface area contributed by atoms with Gasteiger partial charge in [-0.3, -0.25) is 9.48 Å². The first-order chi connectivity index (χ1) is 11.8. The molecule has 0 aliphatic carbocycles. The molecule has 6 nitrogen and oxygen atoms in total. The number of rotatable bonds is 7. The second-order valence-electron chi connectivity index (χ2n) is 6.16. The molecule has 1 aromatic carbocycles. The highest BCUT2D eigenvalue weighted by molar-refractivity contribution is 5.76. The van der Waals surface area contributed by atoms with E-state index in [1.807, 2.05) is 23.1 Å². The molecule has 1 atom stereocenters. The molecule has 128 valence electrons. The highest BCUT2D eigenvalue weighted by Crippen LogP contribution is 2.26. The molecule has 0 N–H and O–H groups in total. The first kappa shape index (κ1) is 16.5. The van der Waals surface area contributed by atoms with Crippen LogP contribution in [0.2, 0.25) is 0 Å². The lowest BCUT2D eigenvalue weighted by atomic mass is 10.0. The predicted octanol–water partition coefficient (Wildman–Crippen LogP) is 2.30. The van der Waals surface area contributed by atoms with Crippen molar-refractivity contribution in [2.24, 2.45) is 0 Å². The molecular weight excluding hydrogens is 304 g/mol. The Morgan fingerprint density at radius 2 is 2.25 bits per heavy atom. The quantitative estimate of drug-likeness (QED) is 0.782. The van der Waals surface area contributed by atoms with Gasteiger partial charge in [0.2, 0.25) is 5.91 Å². The van der Waals surface area contributed by atoms with E-state index >= 15 is 0 Å². The average molecular weight is 328 g/mol. The number of para-hydroxylation sites is 1. The maximum absolute atomic E-state index is 12.6. The number of hydrogen-bond acceptors (Lipinski definition) is 4. The maximum Gasteiger partial charge on any atom is 0.222 e. The van der Waals surface area contributed by atoms with Crippen LogP contribution < -0.4 is 4.74 Å². The van der Waals surface area contributed by atoms with Crippen LogP contribution in [0.1, 0.15) is 31.2 Å². The van der Waals surface area contributed by atoms with E-state index < -0.39 is 0 Å². The summed E-state index contributed by atoms with van der Waals surface area (Å²) in [7, 11) is 1.69. The Morgan fingerprint density at radius 1 is 1.38 bits per heavy atom. The number of nitrogens with zero attached hydrogens (tertiary/aromatic N) is 4. The maximum atomic E-state index is 12.6. The first-order valence-corrected chi connectivity index (χ1v) is 8.51. The lowest BCUT2D eigenvalue weighted by molar-refractivity contribution is -0.132. The third-order valence-electron chi connectivity index (χ3n) is 4.59. The van der Waals surface area contributed by atoms with E-state index in [2.05, 4.69) is 16.1 Å². The van der Waals surface area contributed by atoms with E-state index in [0.717, 1.165) is 44.5 Å². The number of methoxy groups -OCH3 is 1. The molecule has 0 spiro atoms. The number of ether oxygens (including phenoxy) is 1. The van der Waals surface area contributed by atoms with Gasteiger partial charge >= 0.3 is 0 Å². The third kappa shape index (κ3) is 3.93. The van der Waals surface area contributed by atoms with E-state index in [9.17, 15) is 4.79 Å². The first-order valence-electron chi connectivity index (χ1n) is 8.51. The van der Waals surface area contributed by atoms with Crippen LogP contribution in [-0.2, 0) is 17.8 Å². The lowest BCUT2D eigenvalue weighted by Gasteiger charge is -2.25. The zero-order chi connectivity index (χ0) is 16.8. The molecule has 0 bridgehead atoms. The molecular formula is C18H24N4O2. The van der Waals surface area contributed by atoms with E-state index in [1.54, 1.807) is 18.1 Å². The van der Waals surface area contributed by atoms with Crippen molar-refractivity contribution in [2.45, 2.75) is 44.7 Å².